The SMILES string of the molecule is O=C1c2ccccc2-c2cc3cc([N+](=O)[O-])ccc3n21. The van der Waals surface area contributed by atoms with Crippen LogP contribution in [0.5, 0.6) is 0 Å². The van der Waals surface area contributed by atoms with Gasteiger partial charge in [0.05, 0.1) is 16.1 Å². The van der Waals surface area contributed by atoms with Crippen molar-refractivity contribution in [2.45, 2.75) is 0 Å². The van der Waals surface area contributed by atoms with Gasteiger partial charge in [0.1, 0.15) is 0 Å². The third-order valence-corrected chi connectivity index (χ3v) is 3.63. The zero-order valence-corrected chi connectivity index (χ0v) is 10.2. The Bertz CT molecular complexity index is 909. The van der Waals surface area contributed by atoms with E-state index in [-0.39, 0.29) is 11.6 Å². The van der Waals surface area contributed by atoms with Crippen molar-refractivity contribution in [3.05, 3.63) is 64.2 Å². The summed E-state index contributed by atoms with van der Waals surface area (Å²) in [7, 11) is 0. The Kier molecular flexibility index (Phi) is 1.93. The Labute approximate surface area is 113 Å². The minimum Gasteiger partial charge on any atom is -0.276 e. The van der Waals surface area contributed by atoms with Crippen LogP contribution in [0.25, 0.3) is 22.2 Å². The molecule has 5 nitrogen and oxygen atoms in total. The van der Waals surface area contributed by atoms with Gasteiger partial charge in [0, 0.05) is 28.6 Å². The maximum absolute atomic E-state index is 12.4. The van der Waals surface area contributed by atoms with Crippen LogP contribution in [0.15, 0.2) is 48.5 Å². The first-order valence-electron chi connectivity index (χ1n) is 6.11. The van der Waals surface area contributed by atoms with E-state index in [1.165, 1.54) is 12.1 Å². The summed E-state index contributed by atoms with van der Waals surface area (Å²) >= 11 is 0. The van der Waals surface area contributed by atoms with Gasteiger partial charge >= 0.3 is 0 Å². The van der Waals surface area contributed by atoms with Gasteiger partial charge in [0.25, 0.3) is 11.6 Å². The predicted molar refractivity (Wildman–Crippen MR) is 73.8 cm³/mol. The number of non-ortho nitro benzene ring substituents is 1. The highest BCUT2D eigenvalue weighted by molar-refractivity contribution is 6.14. The number of nitro groups is 1. The normalized spacial score (nSPS) is 12.5. The van der Waals surface area contributed by atoms with Crippen molar-refractivity contribution in [2.24, 2.45) is 0 Å². The molecule has 2 aromatic carbocycles. The van der Waals surface area contributed by atoms with Crippen LogP contribution in [0.1, 0.15) is 10.4 Å². The Morgan fingerprint density at radius 3 is 2.50 bits per heavy atom. The molecule has 0 saturated heterocycles. The second-order valence-corrected chi connectivity index (χ2v) is 4.72. The van der Waals surface area contributed by atoms with Gasteiger partial charge in [-0.15, -0.1) is 0 Å². The fourth-order valence-corrected chi connectivity index (χ4v) is 2.75. The number of fused-ring (bicyclic) bond motifs is 5. The minimum absolute atomic E-state index is 0.0301. The smallest absolute Gasteiger partial charge is 0.270 e. The van der Waals surface area contributed by atoms with Crippen LogP contribution < -0.4 is 0 Å². The molecule has 96 valence electrons. The number of carbonyl (C=O) groups is 1. The van der Waals surface area contributed by atoms with Crippen molar-refractivity contribution < 1.29 is 9.72 Å². The fourth-order valence-electron chi connectivity index (χ4n) is 2.75. The molecule has 0 radical (unpaired) electrons. The van der Waals surface area contributed by atoms with Gasteiger partial charge in [-0.05, 0) is 18.2 Å². The molecule has 2 heterocycles. The van der Waals surface area contributed by atoms with E-state index >= 15 is 0 Å². The van der Waals surface area contributed by atoms with Crippen molar-refractivity contribution in [2.75, 3.05) is 0 Å². The summed E-state index contributed by atoms with van der Waals surface area (Å²) in [5.74, 6) is -0.0838. The Morgan fingerprint density at radius 2 is 1.75 bits per heavy atom. The summed E-state index contributed by atoms with van der Waals surface area (Å²) in [4.78, 5) is 22.8. The van der Waals surface area contributed by atoms with Crippen LogP contribution in [0.4, 0.5) is 5.69 Å². The maximum atomic E-state index is 12.4. The third-order valence-electron chi connectivity index (χ3n) is 3.63. The molecule has 3 aromatic rings. The molecular weight excluding hydrogens is 256 g/mol. The zero-order chi connectivity index (χ0) is 13.9. The Balaban J connectivity index is 2.06. The monoisotopic (exact) mass is 264 g/mol. The van der Waals surface area contributed by atoms with Crippen LogP contribution in [-0.4, -0.2) is 15.4 Å². The molecule has 0 atom stereocenters. The summed E-state index contributed by atoms with van der Waals surface area (Å²) < 4.78 is 1.61. The number of benzene rings is 2. The summed E-state index contributed by atoms with van der Waals surface area (Å²) in [6.45, 7) is 0. The quantitative estimate of drug-likeness (QED) is 0.391. The molecular formula is C15H8N2O3. The lowest BCUT2D eigenvalue weighted by Gasteiger charge is -1.99. The average molecular weight is 264 g/mol. The molecule has 1 aliphatic rings. The van der Waals surface area contributed by atoms with Crippen LogP contribution in [0.2, 0.25) is 0 Å². The summed E-state index contributed by atoms with van der Waals surface area (Å²) in [5.41, 5.74) is 3.06. The number of nitro benzene ring substituents is 1. The molecule has 0 aliphatic carbocycles. The van der Waals surface area contributed by atoms with E-state index in [2.05, 4.69) is 0 Å². The van der Waals surface area contributed by atoms with E-state index in [0.717, 1.165) is 11.3 Å². The van der Waals surface area contributed by atoms with Crippen molar-refractivity contribution >= 4 is 22.5 Å². The average Bonchev–Trinajstić information content (AvgIpc) is 2.95. The predicted octanol–water partition coefficient (Wildman–Crippen LogP) is 3.22. The van der Waals surface area contributed by atoms with Crippen LogP contribution in [0.3, 0.4) is 0 Å². The molecule has 0 unspecified atom stereocenters. The van der Waals surface area contributed by atoms with E-state index in [1.54, 1.807) is 16.7 Å². The zero-order valence-electron chi connectivity index (χ0n) is 10.2. The summed E-state index contributed by atoms with van der Waals surface area (Å²) in [6, 6.07) is 13.8. The van der Waals surface area contributed by atoms with Crippen molar-refractivity contribution in [1.29, 1.82) is 0 Å². The van der Waals surface area contributed by atoms with Crippen molar-refractivity contribution in [3.8, 4) is 11.3 Å². The number of aromatic nitrogens is 1. The molecule has 0 N–H and O–H groups in total. The lowest BCUT2D eigenvalue weighted by Crippen LogP contribution is -2.05. The molecule has 4 rings (SSSR count). The highest BCUT2D eigenvalue weighted by Crippen LogP contribution is 2.37. The van der Waals surface area contributed by atoms with Crippen LogP contribution >= 0.6 is 0 Å². The van der Waals surface area contributed by atoms with Gasteiger partial charge in [-0.1, -0.05) is 18.2 Å². The maximum Gasteiger partial charge on any atom is 0.270 e. The number of hydrogen-bond acceptors (Lipinski definition) is 3. The van der Waals surface area contributed by atoms with Gasteiger partial charge < -0.3 is 0 Å². The standard InChI is InChI=1S/C15H8N2O3/c18-15-12-4-2-1-3-11(12)14-8-9-7-10(17(19)20)5-6-13(9)16(14)15/h1-8H. The summed E-state index contributed by atoms with van der Waals surface area (Å²) in [6.07, 6.45) is 0. The lowest BCUT2D eigenvalue weighted by molar-refractivity contribution is -0.384. The van der Waals surface area contributed by atoms with Crippen molar-refractivity contribution in [3.63, 3.8) is 0 Å². The number of hydrogen-bond donors (Lipinski definition) is 0. The van der Waals surface area contributed by atoms with E-state index in [1.807, 2.05) is 24.3 Å². The molecule has 0 bridgehead atoms. The fraction of sp³-hybridized carbons (Fsp3) is 0. The summed E-state index contributed by atoms with van der Waals surface area (Å²) in [5, 5.41) is 11.5. The highest BCUT2D eigenvalue weighted by Gasteiger charge is 2.28. The second-order valence-electron chi connectivity index (χ2n) is 4.72. The first-order chi connectivity index (χ1) is 9.66. The molecule has 5 heteroatoms. The van der Waals surface area contributed by atoms with Crippen LogP contribution in [-0.2, 0) is 0 Å². The van der Waals surface area contributed by atoms with Gasteiger partial charge in [-0.25, -0.2) is 0 Å². The first kappa shape index (κ1) is 10.9. The van der Waals surface area contributed by atoms with Gasteiger partial charge in [0.15, 0.2) is 0 Å². The molecule has 20 heavy (non-hydrogen) atoms. The molecule has 0 saturated carbocycles. The van der Waals surface area contributed by atoms with Gasteiger partial charge in [-0.2, -0.15) is 0 Å². The lowest BCUT2D eigenvalue weighted by atomic mass is 10.1. The molecule has 0 spiro atoms. The Hall–Kier alpha value is -2.95. The van der Waals surface area contributed by atoms with Gasteiger partial charge in [0.2, 0.25) is 0 Å². The molecule has 1 aromatic heterocycles. The number of rotatable bonds is 1. The molecule has 0 fully saturated rings. The molecule has 0 amide bonds. The molecule has 1 aliphatic heterocycles. The first-order valence-corrected chi connectivity index (χ1v) is 6.11. The number of nitrogens with zero attached hydrogens (tertiary/aromatic N) is 2. The number of carbonyl (C=O) groups excluding carboxylic acids is 1. The van der Waals surface area contributed by atoms with Crippen molar-refractivity contribution in [1.82, 2.24) is 4.57 Å². The van der Waals surface area contributed by atoms with Crippen LogP contribution in [0, 0.1) is 10.1 Å². The largest absolute Gasteiger partial charge is 0.276 e. The topological polar surface area (TPSA) is 65.1 Å². The van der Waals surface area contributed by atoms with E-state index < -0.39 is 4.92 Å². The Morgan fingerprint density at radius 1 is 1.00 bits per heavy atom. The van der Waals surface area contributed by atoms with Gasteiger partial charge in [-0.3, -0.25) is 19.5 Å². The minimum atomic E-state index is -0.433. The van der Waals surface area contributed by atoms with E-state index in [4.69, 9.17) is 0 Å². The highest BCUT2D eigenvalue weighted by atomic mass is 16.6. The third kappa shape index (κ3) is 1.23. The van der Waals surface area contributed by atoms with E-state index in [9.17, 15) is 14.9 Å². The second kappa shape index (κ2) is 3.54. The van der Waals surface area contributed by atoms with E-state index in [0.29, 0.717) is 16.5 Å².